The molecule has 1 aliphatic heterocycles. The average Bonchev–Trinajstić information content (AvgIpc) is 3.07. The van der Waals surface area contributed by atoms with Gasteiger partial charge in [-0.05, 0) is 51.0 Å². The first-order valence-electron chi connectivity index (χ1n) is 9.78. The minimum atomic E-state index is -3.71. The van der Waals surface area contributed by atoms with E-state index >= 15 is 0 Å². The zero-order valence-corrected chi connectivity index (χ0v) is 18.4. The number of amides is 1. The first-order valence-corrected chi connectivity index (χ1v) is 12.2. The Kier molecular flexibility index (Phi) is 7.37. The Hall–Kier alpha value is -1.84. The van der Waals surface area contributed by atoms with Crippen molar-refractivity contribution < 1.29 is 17.7 Å². The fourth-order valence-electron chi connectivity index (χ4n) is 3.48. The number of thioether (sulfide) groups is 1. The number of aryl methyl sites for hydroxylation is 2. The van der Waals surface area contributed by atoms with Crippen LogP contribution >= 0.6 is 11.8 Å². The molecule has 0 saturated carbocycles. The maximum atomic E-state index is 13.0. The van der Waals surface area contributed by atoms with E-state index in [0.717, 1.165) is 12.2 Å². The summed E-state index contributed by atoms with van der Waals surface area (Å²) < 4.78 is 32.4. The van der Waals surface area contributed by atoms with Gasteiger partial charge in [0, 0.05) is 24.5 Å². The van der Waals surface area contributed by atoms with E-state index < -0.39 is 10.0 Å². The molecular weight excluding hydrogens is 410 g/mol. The van der Waals surface area contributed by atoms with Crippen LogP contribution < -0.4 is 5.32 Å². The summed E-state index contributed by atoms with van der Waals surface area (Å²) in [5, 5.41) is 6.71. The van der Waals surface area contributed by atoms with Crippen LogP contribution in [0.2, 0.25) is 0 Å². The number of sulfonamides is 1. The fourth-order valence-corrected chi connectivity index (χ4v) is 6.17. The average molecular weight is 438 g/mol. The fraction of sp³-hybridized carbons (Fsp3) is 0.500. The molecule has 9 heteroatoms. The monoisotopic (exact) mass is 437 g/mol. The van der Waals surface area contributed by atoms with Gasteiger partial charge in [0.2, 0.25) is 15.9 Å². The zero-order chi connectivity index (χ0) is 20.9. The van der Waals surface area contributed by atoms with Crippen molar-refractivity contribution in [3.63, 3.8) is 0 Å². The third kappa shape index (κ3) is 5.40. The summed E-state index contributed by atoms with van der Waals surface area (Å²) in [4.78, 5) is 13.9. The molecule has 1 saturated heterocycles. The van der Waals surface area contributed by atoms with Crippen LogP contribution in [0.4, 0.5) is 0 Å². The van der Waals surface area contributed by atoms with E-state index in [9.17, 15) is 13.2 Å². The molecule has 1 amide bonds. The van der Waals surface area contributed by atoms with E-state index in [4.69, 9.17) is 4.52 Å². The van der Waals surface area contributed by atoms with Crippen molar-refractivity contribution in [3.8, 4) is 0 Å². The van der Waals surface area contributed by atoms with Gasteiger partial charge in [0.25, 0.3) is 0 Å². The molecule has 1 atom stereocenters. The molecule has 0 bridgehead atoms. The number of aromatic nitrogens is 1. The Morgan fingerprint density at radius 1 is 1.31 bits per heavy atom. The standard InChI is InChI=1S/C20H27N3O4S2/c1-15-19(16(2)27-22-15)29(25,26)23-12-6-8-17(14-23)20(24)21-11-7-13-28-18-9-4-3-5-10-18/h3-5,9-10,17H,6-8,11-14H2,1-2H3,(H,21,24). The van der Waals surface area contributed by atoms with Crippen LogP contribution in [0.15, 0.2) is 44.6 Å². The van der Waals surface area contributed by atoms with Crippen molar-refractivity contribution >= 4 is 27.7 Å². The van der Waals surface area contributed by atoms with E-state index in [-0.39, 0.29) is 29.0 Å². The molecule has 1 aromatic carbocycles. The molecule has 0 aliphatic carbocycles. The molecule has 3 rings (SSSR count). The minimum absolute atomic E-state index is 0.0756. The number of carbonyl (C=O) groups excluding carboxylic acids is 1. The summed E-state index contributed by atoms with van der Waals surface area (Å²) in [6.45, 7) is 4.39. The highest BCUT2D eigenvalue weighted by Crippen LogP contribution is 2.27. The van der Waals surface area contributed by atoms with Crippen LogP contribution in [0.25, 0.3) is 0 Å². The number of nitrogens with one attached hydrogen (secondary N) is 1. The predicted octanol–water partition coefficient (Wildman–Crippen LogP) is 2.99. The number of hydrogen-bond donors (Lipinski definition) is 1. The second kappa shape index (κ2) is 9.77. The summed E-state index contributed by atoms with van der Waals surface area (Å²) >= 11 is 1.76. The van der Waals surface area contributed by atoms with Crippen molar-refractivity contribution in [3.05, 3.63) is 41.8 Å². The summed E-state index contributed by atoms with van der Waals surface area (Å²) in [7, 11) is -3.71. The third-order valence-corrected chi connectivity index (χ3v) is 8.16. The van der Waals surface area contributed by atoms with Gasteiger partial charge >= 0.3 is 0 Å². The lowest BCUT2D eigenvalue weighted by atomic mass is 9.99. The molecule has 7 nitrogen and oxygen atoms in total. The topological polar surface area (TPSA) is 92.5 Å². The SMILES string of the molecule is Cc1noc(C)c1S(=O)(=O)N1CCCC(C(=O)NCCCSc2ccccc2)C1. The largest absolute Gasteiger partial charge is 0.360 e. The zero-order valence-electron chi connectivity index (χ0n) is 16.8. The van der Waals surface area contributed by atoms with E-state index in [1.807, 2.05) is 18.2 Å². The number of hydrogen-bond acceptors (Lipinski definition) is 6. The number of nitrogens with zero attached hydrogens (tertiary/aromatic N) is 2. The molecule has 2 aromatic rings. The minimum Gasteiger partial charge on any atom is -0.360 e. The molecule has 1 N–H and O–H groups in total. The quantitative estimate of drug-likeness (QED) is 0.504. The number of rotatable bonds is 8. The molecule has 1 unspecified atom stereocenters. The highest BCUT2D eigenvalue weighted by Gasteiger charge is 2.36. The predicted molar refractivity (Wildman–Crippen MR) is 112 cm³/mol. The number of benzene rings is 1. The van der Waals surface area contributed by atoms with Gasteiger partial charge in [-0.2, -0.15) is 4.31 Å². The van der Waals surface area contributed by atoms with Gasteiger partial charge in [-0.1, -0.05) is 23.4 Å². The van der Waals surface area contributed by atoms with E-state index in [0.29, 0.717) is 31.6 Å². The van der Waals surface area contributed by atoms with Gasteiger partial charge in [0.05, 0.1) is 5.92 Å². The van der Waals surface area contributed by atoms with E-state index in [1.165, 1.54) is 9.20 Å². The molecule has 1 aliphatic rings. The molecule has 0 radical (unpaired) electrons. The van der Waals surface area contributed by atoms with Gasteiger partial charge < -0.3 is 9.84 Å². The Morgan fingerprint density at radius 3 is 2.76 bits per heavy atom. The first kappa shape index (κ1) is 21.9. The summed E-state index contributed by atoms with van der Waals surface area (Å²) in [5.41, 5.74) is 0.352. The summed E-state index contributed by atoms with van der Waals surface area (Å²) in [6, 6.07) is 10.1. The van der Waals surface area contributed by atoms with Gasteiger partial charge in [0.15, 0.2) is 5.76 Å². The van der Waals surface area contributed by atoms with Crippen molar-refractivity contribution in [2.75, 3.05) is 25.4 Å². The molecule has 29 heavy (non-hydrogen) atoms. The molecule has 1 aromatic heterocycles. The highest BCUT2D eigenvalue weighted by molar-refractivity contribution is 7.99. The molecule has 158 valence electrons. The smallest absolute Gasteiger partial charge is 0.248 e. The Bertz CT molecular complexity index is 909. The lowest BCUT2D eigenvalue weighted by Gasteiger charge is -2.31. The summed E-state index contributed by atoms with van der Waals surface area (Å²) in [6.07, 6.45) is 2.21. The van der Waals surface area contributed by atoms with E-state index in [2.05, 4.69) is 22.6 Å². The number of piperidine rings is 1. The van der Waals surface area contributed by atoms with Crippen LogP contribution in [0.5, 0.6) is 0 Å². The van der Waals surface area contributed by atoms with Crippen LogP contribution in [0.1, 0.15) is 30.7 Å². The van der Waals surface area contributed by atoms with Gasteiger partial charge in [0.1, 0.15) is 10.6 Å². The second-order valence-corrected chi connectivity index (χ2v) is 10.2. The lowest BCUT2D eigenvalue weighted by molar-refractivity contribution is -0.126. The molecule has 0 spiro atoms. The normalized spacial score (nSPS) is 17.9. The van der Waals surface area contributed by atoms with Crippen LogP contribution in [-0.4, -0.2) is 49.2 Å². The van der Waals surface area contributed by atoms with E-state index in [1.54, 1.807) is 25.6 Å². The highest BCUT2D eigenvalue weighted by atomic mass is 32.2. The Morgan fingerprint density at radius 2 is 2.07 bits per heavy atom. The van der Waals surface area contributed by atoms with Gasteiger partial charge in [-0.25, -0.2) is 8.42 Å². The Labute approximate surface area is 176 Å². The Balaban J connectivity index is 1.49. The summed E-state index contributed by atoms with van der Waals surface area (Å²) in [5.74, 6) is 0.792. The molecular formula is C20H27N3O4S2. The van der Waals surface area contributed by atoms with Crippen molar-refractivity contribution in [1.29, 1.82) is 0 Å². The first-order chi connectivity index (χ1) is 13.9. The van der Waals surface area contributed by atoms with Gasteiger partial charge in [-0.15, -0.1) is 11.8 Å². The maximum Gasteiger partial charge on any atom is 0.248 e. The lowest BCUT2D eigenvalue weighted by Crippen LogP contribution is -2.45. The van der Waals surface area contributed by atoms with Crippen molar-refractivity contribution in [2.45, 2.75) is 42.9 Å². The third-order valence-electron chi connectivity index (χ3n) is 4.95. The maximum absolute atomic E-state index is 13.0. The van der Waals surface area contributed by atoms with Crippen molar-refractivity contribution in [1.82, 2.24) is 14.8 Å². The van der Waals surface area contributed by atoms with Crippen molar-refractivity contribution in [2.24, 2.45) is 5.92 Å². The van der Waals surface area contributed by atoms with Gasteiger partial charge in [-0.3, -0.25) is 4.79 Å². The van der Waals surface area contributed by atoms with Crippen LogP contribution in [0, 0.1) is 19.8 Å². The van der Waals surface area contributed by atoms with Crippen LogP contribution in [0.3, 0.4) is 0 Å². The van der Waals surface area contributed by atoms with Crippen LogP contribution in [-0.2, 0) is 14.8 Å². The molecule has 1 fully saturated rings. The second-order valence-electron chi connectivity index (χ2n) is 7.16. The molecule has 2 heterocycles. The number of carbonyl (C=O) groups is 1.